The number of non-ortho nitro benzene ring substituents is 1. The fraction of sp³-hybridized carbons (Fsp3) is 0.500. The summed E-state index contributed by atoms with van der Waals surface area (Å²) in [6.45, 7) is 3.56. The van der Waals surface area contributed by atoms with Crippen LogP contribution in [0.4, 0.5) is 5.69 Å². The molecule has 0 amide bonds. The van der Waals surface area contributed by atoms with Crippen molar-refractivity contribution in [3.63, 3.8) is 0 Å². The molecule has 7 nitrogen and oxygen atoms in total. The van der Waals surface area contributed by atoms with Gasteiger partial charge in [0.1, 0.15) is 0 Å². The van der Waals surface area contributed by atoms with E-state index in [0.29, 0.717) is 26.1 Å². The largest absolute Gasteiger partial charge is 0.313 e. The molecule has 0 aromatic heterocycles. The summed E-state index contributed by atoms with van der Waals surface area (Å²) in [6.07, 6.45) is 0.699. The van der Waals surface area contributed by atoms with E-state index in [-0.39, 0.29) is 16.6 Å². The van der Waals surface area contributed by atoms with Crippen molar-refractivity contribution < 1.29 is 13.3 Å². The van der Waals surface area contributed by atoms with Gasteiger partial charge in [-0.1, -0.05) is 13.0 Å². The molecule has 1 aliphatic heterocycles. The lowest BCUT2D eigenvalue weighted by atomic mass is 10.2. The van der Waals surface area contributed by atoms with Crippen LogP contribution in [0.5, 0.6) is 0 Å². The predicted molar refractivity (Wildman–Crippen MR) is 73.9 cm³/mol. The predicted octanol–water partition coefficient (Wildman–Crippen LogP) is 0.967. The first-order valence-electron chi connectivity index (χ1n) is 6.44. The Morgan fingerprint density at radius 1 is 1.45 bits per heavy atom. The molecule has 1 saturated heterocycles. The molecule has 20 heavy (non-hydrogen) atoms. The minimum absolute atomic E-state index is 0.0212. The number of nitro benzene ring substituents is 1. The van der Waals surface area contributed by atoms with Gasteiger partial charge in [-0.05, 0) is 12.5 Å². The first kappa shape index (κ1) is 14.9. The highest BCUT2D eigenvalue weighted by molar-refractivity contribution is 7.89. The summed E-state index contributed by atoms with van der Waals surface area (Å²) in [5.41, 5.74) is -0.214. The molecular formula is C12H17N3O4S. The van der Waals surface area contributed by atoms with Crippen LogP contribution in [0.3, 0.4) is 0 Å². The van der Waals surface area contributed by atoms with Gasteiger partial charge in [-0.25, -0.2) is 8.42 Å². The Morgan fingerprint density at radius 2 is 2.15 bits per heavy atom. The fourth-order valence-electron chi connectivity index (χ4n) is 2.09. The molecule has 0 spiro atoms. The average molecular weight is 299 g/mol. The molecular weight excluding hydrogens is 282 g/mol. The minimum atomic E-state index is -3.69. The second-order valence-corrected chi connectivity index (χ2v) is 6.57. The van der Waals surface area contributed by atoms with Gasteiger partial charge in [0.05, 0.1) is 15.9 Å². The lowest BCUT2D eigenvalue weighted by Gasteiger charge is -2.37. The summed E-state index contributed by atoms with van der Waals surface area (Å²) in [5.74, 6) is 0. The Balaban J connectivity index is 2.36. The summed E-state index contributed by atoms with van der Waals surface area (Å²) >= 11 is 0. The number of hydrogen-bond donors (Lipinski definition) is 1. The lowest BCUT2D eigenvalue weighted by Crippen LogP contribution is -2.58. The Labute approximate surface area is 117 Å². The van der Waals surface area contributed by atoms with E-state index in [2.05, 4.69) is 5.32 Å². The van der Waals surface area contributed by atoms with E-state index in [0.717, 1.165) is 6.07 Å². The van der Waals surface area contributed by atoms with Crippen LogP contribution in [0.1, 0.15) is 13.3 Å². The van der Waals surface area contributed by atoms with Gasteiger partial charge in [-0.15, -0.1) is 0 Å². The molecule has 1 heterocycles. The summed E-state index contributed by atoms with van der Waals surface area (Å²) in [7, 11) is -3.69. The Morgan fingerprint density at radius 3 is 2.65 bits per heavy atom. The molecule has 2 rings (SSSR count). The zero-order chi connectivity index (χ0) is 14.8. The van der Waals surface area contributed by atoms with Crippen molar-refractivity contribution in [2.45, 2.75) is 24.3 Å². The van der Waals surface area contributed by atoms with Gasteiger partial charge in [-0.3, -0.25) is 10.1 Å². The maximum absolute atomic E-state index is 12.6. The first-order chi connectivity index (χ1) is 9.46. The van der Waals surface area contributed by atoms with Gasteiger partial charge < -0.3 is 5.32 Å². The van der Waals surface area contributed by atoms with Gasteiger partial charge >= 0.3 is 0 Å². The van der Waals surface area contributed by atoms with Gasteiger partial charge in [0.2, 0.25) is 10.0 Å². The number of hydrogen-bond acceptors (Lipinski definition) is 5. The number of sulfonamides is 1. The lowest BCUT2D eigenvalue weighted by molar-refractivity contribution is -0.385. The smallest absolute Gasteiger partial charge is 0.270 e. The van der Waals surface area contributed by atoms with E-state index >= 15 is 0 Å². The quantitative estimate of drug-likeness (QED) is 0.624. The summed E-state index contributed by atoms with van der Waals surface area (Å²) in [4.78, 5) is 10.2. The molecule has 8 heteroatoms. The number of nitrogens with one attached hydrogen (secondary N) is 1. The van der Waals surface area contributed by atoms with Crippen molar-refractivity contribution in [3.8, 4) is 0 Å². The van der Waals surface area contributed by atoms with E-state index < -0.39 is 14.9 Å². The van der Waals surface area contributed by atoms with Crippen LogP contribution in [-0.2, 0) is 10.0 Å². The van der Waals surface area contributed by atoms with Crippen LogP contribution >= 0.6 is 0 Å². The number of rotatable bonds is 6. The molecule has 1 fully saturated rings. The SMILES string of the molecule is CCCN(C1CNC1)S(=O)(=O)c1cccc([N+](=O)[O-])c1. The number of nitro groups is 1. The third kappa shape index (κ3) is 2.82. The molecule has 0 radical (unpaired) electrons. The van der Waals surface area contributed by atoms with Crippen molar-refractivity contribution in [3.05, 3.63) is 34.4 Å². The average Bonchev–Trinajstić information content (AvgIpc) is 2.36. The molecule has 1 aromatic carbocycles. The van der Waals surface area contributed by atoms with Crippen LogP contribution in [0, 0.1) is 10.1 Å². The van der Waals surface area contributed by atoms with Crippen molar-refractivity contribution >= 4 is 15.7 Å². The van der Waals surface area contributed by atoms with Gasteiger partial charge in [0.25, 0.3) is 5.69 Å². The maximum Gasteiger partial charge on any atom is 0.270 e. The third-order valence-electron chi connectivity index (χ3n) is 3.25. The first-order valence-corrected chi connectivity index (χ1v) is 7.88. The summed E-state index contributed by atoms with van der Waals surface area (Å²) < 4.78 is 26.6. The minimum Gasteiger partial charge on any atom is -0.313 e. The second-order valence-electron chi connectivity index (χ2n) is 4.68. The third-order valence-corrected chi connectivity index (χ3v) is 5.19. The zero-order valence-electron chi connectivity index (χ0n) is 11.2. The fourth-order valence-corrected chi connectivity index (χ4v) is 3.84. The van der Waals surface area contributed by atoms with Crippen LogP contribution < -0.4 is 5.32 Å². The molecule has 0 unspecified atom stereocenters. The maximum atomic E-state index is 12.6. The monoisotopic (exact) mass is 299 g/mol. The highest BCUT2D eigenvalue weighted by Crippen LogP contribution is 2.23. The van der Waals surface area contributed by atoms with E-state index in [1.807, 2.05) is 6.92 Å². The van der Waals surface area contributed by atoms with Crippen molar-refractivity contribution in [1.29, 1.82) is 0 Å². The van der Waals surface area contributed by atoms with Crippen molar-refractivity contribution in [2.75, 3.05) is 19.6 Å². The highest BCUT2D eigenvalue weighted by atomic mass is 32.2. The highest BCUT2D eigenvalue weighted by Gasteiger charge is 2.34. The van der Waals surface area contributed by atoms with Gasteiger partial charge in [-0.2, -0.15) is 4.31 Å². The molecule has 1 aromatic rings. The van der Waals surface area contributed by atoms with Crippen LogP contribution in [0.2, 0.25) is 0 Å². The van der Waals surface area contributed by atoms with Crippen molar-refractivity contribution in [2.24, 2.45) is 0 Å². The van der Waals surface area contributed by atoms with Crippen LogP contribution in [0.15, 0.2) is 29.2 Å². The molecule has 0 aliphatic carbocycles. The second kappa shape index (κ2) is 5.86. The molecule has 0 atom stereocenters. The Hall–Kier alpha value is -1.51. The molecule has 0 saturated carbocycles. The summed E-state index contributed by atoms with van der Waals surface area (Å²) in [6, 6.07) is 5.13. The van der Waals surface area contributed by atoms with Gasteiger partial charge in [0.15, 0.2) is 0 Å². The summed E-state index contributed by atoms with van der Waals surface area (Å²) in [5, 5.41) is 13.8. The van der Waals surface area contributed by atoms with Crippen LogP contribution in [-0.4, -0.2) is 43.3 Å². The van der Waals surface area contributed by atoms with E-state index in [1.54, 1.807) is 0 Å². The van der Waals surface area contributed by atoms with Gasteiger partial charge in [0, 0.05) is 31.8 Å². The number of nitrogens with zero attached hydrogens (tertiary/aromatic N) is 2. The van der Waals surface area contributed by atoms with Crippen LogP contribution in [0.25, 0.3) is 0 Å². The normalized spacial score (nSPS) is 16.1. The molecule has 1 aliphatic rings. The molecule has 110 valence electrons. The van der Waals surface area contributed by atoms with Crippen molar-refractivity contribution in [1.82, 2.24) is 9.62 Å². The molecule has 0 bridgehead atoms. The Kier molecular flexibility index (Phi) is 4.36. The zero-order valence-corrected chi connectivity index (χ0v) is 12.0. The standard InChI is InChI=1S/C12H17N3O4S/c1-2-6-14(11-8-13-9-11)20(18,19)12-5-3-4-10(7-12)15(16)17/h3-5,7,11,13H,2,6,8-9H2,1H3. The number of benzene rings is 1. The van der Waals surface area contributed by atoms with E-state index in [9.17, 15) is 18.5 Å². The Bertz CT molecular complexity index is 598. The van der Waals surface area contributed by atoms with E-state index in [4.69, 9.17) is 0 Å². The van der Waals surface area contributed by atoms with E-state index in [1.165, 1.54) is 22.5 Å². The topological polar surface area (TPSA) is 92.6 Å². The molecule has 1 N–H and O–H groups in total.